The summed E-state index contributed by atoms with van der Waals surface area (Å²) in [6.45, 7) is 21.7. The number of ether oxygens (including phenoxy) is 5. The van der Waals surface area contributed by atoms with Gasteiger partial charge in [-0.15, -0.1) is 0 Å². The highest BCUT2D eigenvalue weighted by Gasteiger charge is 2.41. The van der Waals surface area contributed by atoms with Crippen molar-refractivity contribution in [1.29, 1.82) is 0 Å². The van der Waals surface area contributed by atoms with E-state index in [1.54, 1.807) is 41.8 Å². The Kier molecular flexibility index (Phi) is 30.7. The fourth-order valence-electron chi connectivity index (χ4n) is 6.71. The number of benzene rings is 1. The second kappa shape index (κ2) is 33.3. The van der Waals surface area contributed by atoms with Gasteiger partial charge in [-0.25, -0.2) is 4.79 Å². The number of aliphatic carboxylic acids is 1. The minimum atomic E-state index is -1.04. The lowest BCUT2D eigenvalue weighted by molar-refractivity contribution is -0.141. The molecule has 65 heavy (non-hydrogen) atoms. The number of carboxylic acid groups (broad SMARTS) is 1. The highest BCUT2D eigenvalue weighted by molar-refractivity contribution is 8.76. The number of rotatable bonds is 37. The predicted molar refractivity (Wildman–Crippen MR) is 262 cm³/mol. The van der Waals surface area contributed by atoms with Crippen LogP contribution in [0.3, 0.4) is 0 Å². The number of ketones is 1. The maximum Gasteiger partial charge on any atom is 0.331 e. The van der Waals surface area contributed by atoms with E-state index in [-0.39, 0.29) is 29.2 Å². The molecule has 0 fully saturated rings. The number of nitrogens with one attached hydrogen (secondary N) is 3. The first-order valence-electron chi connectivity index (χ1n) is 23.0. The van der Waals surface area contributed by atoms with Crippen LogP contribution in [0.2, 0.25) is 0 Å². The van der Waals surface area contributed by atoms with Gasteiger partial charge in [-0.05, 0) is 55.8 Å². The van der Waals surface area contributed by atoms with Gasteiger partial charge in [0.15, 0.2) is 0 Å². The molecule has 0 aromatic heterocycles. The van der Waals surface area contributed by atoms with Crippen LogP contribution >= 0.6 is 21.6 Å². The molecule has 0 saturated carbocycles. The Morgan fingerprint density at radius 2 is 1.32 bits per heavy atom. The molecular weight excluding hydrogens is 873 g/mol. The Hall–Kier alpha value is -3.19. The number of likely N-dealkylation sites (N-methyl/N-ethyl adjacent to an activating group) is 2. The molecule has 1 rings (SSSR count). The second-order valence-electron chi connectivity index (χ2n) is 17.9. The summed E-state index contributed by atoms with van der Waals surface area (Å²) >= 11 is 0. The van der Waals surface area contributed by atoms with Crippen molar-refractivity contribution in [2.75, 3.05) is 91.6 Å². The number of Topliss-reactive ketones (excluding diaryl/α,β-unsaturated/α-hetero) is 1. The van der Waals surface area contributed by atoms with Gasteiger partial charge in [0.25, 0.3) is 0 Å². The van der Waals surface area contributed by atoms with Gasteiger partial charge in [0.2, 0.25) is 17.7 Å². The summed E-state index contributed by atoms with van der Waals surface area (Å²) < 4.78 is 28.3. The molecule has 0 radical (unpaired) electrons. The summed E-state index contributed by atoms with van der Waals surface area (Å²) in [5.74, 6) is 0.901. The van der Waals surface area contributed by atoms with Crippen molar-refractivity contribution >= 4 is 51.1 Å². The summed E-state index contributed by atoms with van der Waals surface area (Å²) in [6, 6.07) is 5.54. The van der Waals surface area contributed by atoms with Crippen LogP contribution in [0.25, 0.3) is 0 Å². The molecule has 4 N–H and O–H groups in total. The lowest BCUT2D eigenvalue weighted by atomic mass is 9.76. The van der Waals surface area contributed by atoms with Crippen molar-refractivity contribution in [1.82, 2.24) is 20.9 Å². The van der Waals surface area contributed by atoms with Crippen LogP contribution in [0.15, 0.2) is 35.9 Å². The van der Waals surface area contributed by atoms with E-state index < -0.39 is 34.9 Å². The molecule has 1 aromatic carbocycles. The Bertz CT molecular complexity index is 1570. The van der Waals surface area contributed by atoms with E-state index in [1.807, 2.05) is 79.7 Å². The molecule has 3 amide bonds. The average Bonchev–Trinajstić information content (AvgIpc) is 3.25. The smallest absolute Gasteiger partial charge is 0.331 e. The van der Waals surface area contributed by atoms with E-state index in [2.05, 4.69) is 16.0 Å². The lowest BCUT2D eigenvalue weighted by Crippen LogP contribution is -2.61. The third-order valence-electron chi connectivity index (χ3n) is 10.8. The number of carboxylic acids is 1. The monoisotopic (exact) mass is 955 g/mol. The van der Waals surface area contributed by atoms with Crippen molar-refractivity contribution in [3.05, 3.63) is 41.5 Å². The zero-order chi connectivity index (χ0) is 48.8. The topological polar surface area (TPSA) is 191 Å². The molecule has 0 heterocycles. The predicted octanol–water partition coefficient (Wildman–Crippen LogP) is 6.47. The molecule has 0 aliphatic carbocycles. The highest BCUT2D eigenvalue weighted by Crippen LogP contribution is 2.30. The van der Waals surface area contributed by atoms with Gasteiger partial charge in [0.1, 0.15) is 24.2 Å². The first-order valence-corrected chi connectivity index (χ1v) is 25.5. The van der Waals surface area contributed by atoms with E-state index >= 15 is 0 Å². The molecule has 1 aromatic rings. The lowest BCUT2D eigenvalue weighted by Gasteiger charge is -2.40. The molecule has 0 aliphatic heterocycles. The fraction of sp³-hybridized carbons (Fsp3) is 0.729. The number of amides is 3. The number of hydrogen-bond acceptors (Lipinski definition) is 13. The molecular formula is C48H82N4O11S2. The normalized spacial score (nSPS) is 13.6. The van der Waals surface area contributed by atoms with Crippen LogP contribution in [0.4, 0.5) is 0 Å². The van der Waals surface area contributed by atoms with E-state index in [1.165, 1.54) is 11.8 Å². The van der Waals surface area contributed by atoms with Gasteiger partial charge in [-0.3, -0.25) is 19.2 Å². The van der Waals surface area contributed by atoms with Gasteiger partial charge in [0.05, 0.1) is 64.9 Å². The summed E-state index contributed by atoms with van der Waals surface area (Å²) in [7, 11) is 6.73. The Balaban J connectivity index is 2.30. The van der Waals surface area contributed by atoms with Gasteiger partial charge in [-0.2, -0.15) is 0 Å². The highest BCUT2D eigenvalue weighted by atomic mass is 33.1. The zero-order valence-corrected chi connectivity index (χ0v) is 42.9. The molecule has 0 bridgehead atoms. The van der Waals surface area contributed by atoms with Gasteiger partial charge < -0.3 is 49.6 Å². The largest absolute Gasteiger partial charge is 0.491 e. The molecule has 0 unspecified atom stereocenters. The molecule has 17 heteroatoms. The van der Waals surface area contributed by atoms with E-state index in [4.69, 9.17) is 23.7 Å². The number of carbonyl (C=O) groups excluding carboxylic acids is 4. The van der Waals surface area contributed by atoms with Crippen molar-refractivity contribution in [2.24, 2.45) is 11.3 Å². The molecule has 372 valence electrons. The summed E-state index contributed by atoms with van der Waals surface area (Å²) in [5.41, 5.74) is -0.267. The van der Waals surface area contributed by atoms with E-state index in [0.29, 0.717) is 96.8 Å². The SMILES string of the molecule is CCC(=O)CCCCCNC(=O)CCSSCCOCCOCCOCCOCCOc1ccc(C(C)(C)[C@H](NC)C(=O)N[C@H](C(=O)N(C)[C@H](/C=C(\C)C(=O)O)C(C)C)C(C)(C)C)cc1. The fourth-order valence-corrected chi connectivity index (χ4v) is 8.56. The van der Waals surface area contributed by atoms with Gasteiger partial charge in [-0.1, -0.05) is 102 Å². The quantitative estimate of drug-likeness (QED) is 0.0323. The maximum absolute atomic E-state index is 14.0. The molecule has 0 aliphatic rings. The third-order valence-corrected chi connectivity index (χ3v) is 13.1. The van der Waals surface area contributed by atoms with Crippen molar-refractivity contribution in [2.45, 2.75) is 124 Å². The van der Waals surface area contributed by atoms with Crippen LogP contribution in [0, 0.1) is 11.3 Å². The van der Waals surface area contributed by atoms with Crippen LogP contribution in [-0.4, -0.2) is 149 Å². The summed E-state index contributed by atoms with van der Waals surface area (Å²) in [5, 5.41) is 18.6. The number of carbonyl (C=O) groups is 5. The van der Waals surface area contributed by atoms with Gasteiger partial charge in [0, 0.05) is 55.3 Å². The first-order chi connectivity index (χ1) is 30.8. The molecule has 3 atom stereocenters. The zero-order valence-electron chi connectivity index (χ0n) is 41.2. The second-order valence-corrected chi connectivity index (χ2v) is 20.6. The van der Waals surface area contributed by atoms with Crippen LogP contribution in [0.1, 0.15) is 106 Å². The Morgan fingerprint density at radius 3 is 1.85 bits per heavy atom. The molecule has 0 saturated heterocycles. The van der Waals surface area contributed by atoms with E-state index in [9.17, 15) is 29.1 Å². The van der Waals surface area contributed by atoms with E-state index in [0.717, 1.165) is 36.3 Å². The first kappa shape index (κ1) is 59.8. The minimum absolute atomic E-state index is 0.0581. The number of nitrogens with zero attached hydrogens (tertiary/aromatic N) is 1. The number of hydrogen-bond donors (Lipinski definition) is 4. The van der Waals surface area contributed by atoms with Crippen LogP contribution in [-0.2, 0) is 48.3 Å². The van der Waals surface area contributed by atoms with Gasteiger partial charge >= 0.3 is 5.97 Å². The minimum Gasteiger partial charge on any atom is -0.491 e. The Morgan fingerprint density at radius 1 is 0.769 bits per heavy atom. The van der Waals surface area contributed by atoms with Crippen molar-refractivity contribution in [3.63, 3.8) is 0 Å². The van der Waals surface area contributed by atoms with Crippen LogP contribution in [0.5, 0.6) is 5.75 Å². The summed E-state index contributed by atoms with van der Waals surface area (Å²) in [4.78, 5) is 64.3. The number of unbranched alkanes of at least 4 members (excludes halogenated alkanes) is 2. The van der Waals surface area contributed by atoms with Crippen molar-refractivity contribution in [3.8, 4) is 5.75 Å². The van der Waals surface area contributed by atoms with Crippen molar-refractivity contribution < 1.29 is 52.8 Å². The standard InChI is InChI=1S/C48H82N4O11S2/c1-12-38(53)16-14-13-15-22-50-41(54)21-32-64-65-33-31-62-28-27-60-24-23-59-25-26-61-29-30-63-39-19-17-37(18-20-39)48(8,9)42(49-10)44(55)51-43(47(5,6)7)45(56)52(11)40(35(2)3)34-36(4)46(57)58/h17-20,34-35,40,42-43,49H,12-16,21-33H2,1-11H3,(H,50,54)(H,51,55)(H,57,58)/b36-34+/t40-,42-,43-/m1/s1. The van der Waals surface area contributed by atoms with Crippen LogP contribution < -0.4 is 20.7 Å². The molecule has 15 nitrogen and oxygen atoms in total. The summed E-state index contributed by atoms with van der Waals surface area (Å²) in [6.07, 6.45) is 6.09. The molecule has 0 spiro atoms. The third kappa shape index (κ3) is 25.0. The maximum atomic E-state index is 14.0. The Labute approximate surface area is 397 Å². The average molecular weight is 955 g/mol.